The van der Waals surface area contributed by atoms with Crippen LogP contribution in [-0.2, 0) is 0 Å². The maximum atomic E-state index is 13.2. The van der Waals surface area contributed by atoms with E-state index in [0.29, 0.717) is 11.8 Å². The molecule has 98 valence electrons. The summed E-state index contributed by atoms with van der Waals surface area (Å²) in [7, 11) is 0. The van der Waals surface area contributed by atoms with Gasteiger partial charge in [0.25, 0.3) is 0 Å². The van der Waals surface area contributed by atoms with Gasteiger partial charge in [0.1, 0.15) is 6.17 Å². The first-order valence-corrected chi connectivity index (χ1v) is 6.44. The number of piperidine rings is 1. The molecule has 2 heterocycles. The van der Waals surface area contributed by atoms with Crippen LogP contribution in [0, 0.1) is 11.8 Å². The fourth-order valence-electron chi connectivity index (χ4n) is 2.65. The van der Waals surface area contributed by atoms with E-state index in [1.165, 1.54) is 4.90 Å². The van der Waals surface area contributed by atoms with Crippen LogP contribution in [0.2, 0.25) is 0 Å². The van der Waals surface area contributed by atoms with E-state index in [-0.39, 0.29) is 19.0 Å². The average Bonchev–Trinajstić information content (AvgIpc) is 2.61. The summed E-state index contributed by atoms with van der Waals surface area (Å²) in [6, 6.07) is -0.0867. The maximum Gasteiger partial charge on any atom is 0.321 e. The van der Waals surface area contributed by atoms with Gasteiger partial charge in [0, 0.05) is 19.5 Å². The van der Waals surface area contributed by atoms with Crippen LogP contribution in [0.4, 0.5) is 9.18 Å². The molecule has 4 nitrogen and oxygen atoms in total. The number of amides is 2. The Morgan fingerprint density at radius 1 is 1.29 bits per heavy atom. The van der Waals surface area contributed by atoms with Crippen molar-refractivity contribution in [2.45, 2.75) is 39.0 Å². The number of carbonyl (C=O) groups is 1. The van der Waals surface area contributed by atoms with Crippen molar-refractivity contribution < 1.29 is 9.18 Å². The predicted molar refractivity (Wildman–Crippen MR) is 64.1 cm³/mol. The number of hydrogen-bond acceptors (Lipinski definition) is 2. The van der Waals surface area contributed by atoms with E-state index in [1.54, 1.807) is 0 Å². The largest absolute Gasteiger partial charge is 0.324 e. The minimum absolute atomic E-state index is 0.0867. The summed E-state index contributed by atoms with van der Waals surface area (Å²) >= 11 is 0. The minimum Gasteiger partial charge on any atom is -0.324 e. The fourth-order valence-corrected chi connectivity index (χ4v) is 2.65. The number of carbonyl (C=O) groups excluding carboxylic acids is 1. The Labute approximate surface area is 102 Å². The zero-order chi connectivity index (χ0) is 12.6. The van der Waals surface area contributed by atoms with Crippen LogP contribution < -0.4 is 5.73 Å². The highest BCUT2D eigenvalue weighted by atomic mass is 19.1. The number of urea groups is 1. The number of likely N-dealkylation sites (tertiary alicyclic amines) is 2. The summed E-state index contributed by atoms with van der Waals surface area (Å²) in [6.45, 7) is 6.06. The molecule has 2 aliphatic heterocycles. The van der Waals surface area contributed by atoms with Crippen molar-refractivity contribution in [1.29, 1.82) is 0 Å². The van der Waals surface area contributed by atoms with Gasteiger partial charge >= 0.3 is 6.03 Å². The molecule has 0 radical (unpaired) electrons. The van der Waals surface area contributed by atoms with E-state index in [1.807, 2.05) is 4.90 Å². The van der Waals surface area contributed by atoms with Gasteiger partial charge in [0.2, 0.25) is 0 Å². The second-order valence-electron chi connectivity index (χ2n) is 5.52. The molecule has 2 rings (SSSR count). The van der Waals surface area contributed by atoms with Gasteiger partial charge in [-0.3, -0.25) is 0 Å². The summed E-state index contributed by atoms with van der Waals surface area (Å²) in [6.07, 6.45) is -0.122. The Hall–Kier alpha value is -0.840. The molecule has 2 fully saturated rings. The van der Waals surface area contributed by atoms with Gasteiger partial charge in [0.15, 0.2) is 0 Å². The number of halogens is 1. The molecule has 0 aromatic rings. The molecule has 2 saturated heterocycles. The quantitative estimate of drug-likeness (QED) is 0.699. The van der Waals surface area contributed by atoms with Crippen molar-refractivity contribution in [1.82, 2.24) is 9.80 Å². The van der Waals surface area contributed by atoms with Crippen LogP contribution >= 0.6 is 0 Å². The average molecular weight is 243 g/mol. The molecule has 4 atom stereocenters. The lowest BCUT2D eigenvalue weighted by Crippen LogP contribution is -2.52. The van der Waals surface area contributed by atoms with Crippen molar-refractivity contribution in [2.75, 3.05) is 19.6 Å². The van der Waals surface area contributed by atoms with E-state index in [9.17, 15) is 9.18 Å². The van der Waals surface area contributed by atoms with Gasteiger partial charge in [-0.1, -0.05) is 13.8 Å². The molecule has 17 heavy (non-hydrogen) atoms. The van der Waals surface area contributed by atoms with E-state index >= 15 is 0 Å². The van der Waals surface area contributed by atoms with Crippen molar-refractivity contribution in [3.63, 3.8) is 0 Å². The number of nitrogens with two attached hydrogens (primary N) is 1. The molecule has 0 aromatic carbocycles. The molecule has 0 saturated carbocycles. The van der Waals surface area contributed by atoms with E-state index in [2.05, 4.69) is 13.8 Å². The first kappa shape index (κ1) is 12.6. The van der Waals surface area contributed by atoms with Gasteiger partial charge in [-0.2, -0.15) is 0 Å². The van der Waals surface area contributed by atoms with Gasteiger partial charge < -0.3 is 15.5 Å². The summed E-state index contributed by atoms with van der Waals surface area (Å²) in [5, 5.41) is 0. The summed E-state index contributed by atoms with van der Waals surface area (Å²) in [4.78, 5) is 15.5. The first-order valence-electron chi connectivity index (χ1n) is 6.44. The Morgan fingerprint density at radius 3 is 2.53 bits per heavy atom. The van der Waals surface area contributed by atoms with Crippen LogP contribution in [0.5, 0.6) is 0 Å². The summed E-state index contributed by atoms with van der Waals surface area (Å²) in [5.41, 5.74) is 5.78. The Balaban J connectivity index is 1.96. The highest BCUT2D eigenvalue weighted by molar-refractivity contribution is 5.75. The molecular weight excluding hydrogens is 221 g/mol. The van der Waals surface area contributed by atoms with Crippen molar-refractivity contribution >= 4 is 6.03 Å². The summed E-state index contributed by atoms with van der Waals surface area (Å²) in [5.74, 6) is 1.16. The third-order valence-electron chi connectivity index (χ3n) is 4.14. The van der Waals surface area contributed by atoms with Crippen molar-refractivity contribution in [3.8, 4) is 0 Å². The fraction of sp³-hybridized carbons (Fsp3) is 0.917. The van der Waals surface area contributed by atoms with E-state index in [0.717, 1.165) is 19.5 Å². The van der Waals surface area contributed by atoms with Crippen LogP contribution in [-0.4, -0.2) is 47.8 Å². The highest BCUT2D eigenvalue weighted by Gasteiger charge is 2.36. The highest BCUT2D eigenvalue weighted by Crippen LogP contribution is 2.25. The Kier molecular flexibility index (Phi) is 3.56. The predicted octanol–water partition coefficient (Wildman–Crippen LogP) is 1.41. The minimum atomic E-state index is -0.963. The summed E-state index contributed by atoms with van der Waals surface area (Å²) < 4.78 is 13.2. The normalized spacial score (nSPS) is 38.6. The lowest BCUT2D eigenvalue weighted by Gasteiger charge is -2.38. The number of nitrogens with zero attached hydrogens (tertiary/aromatic N) is 2. The molecule has 0 unspecified atom stereocenters. The number of rotatable bonds is 0. The molecule has 0 aliphatic carbocycles. The number of hydrogen-bond donors (Lipinski definition) is 1. The van der Waals surface area contributed by atoms with E-state index < -0.39 is 12.3 Å². The zero-order valence-electron chi connectivity index (χ0n) is 10.6. The monoisotopic (exact) mass is 243 g/mol. The number of alkyl halides is 1. The van der Waals surface area contributed by atoms with Crippen molar-refractivity contribution in [2.24, 2.45) is 17.6 Å². The first-order chi connectivity index (χ1) is 7.99. The Bertz CT molecular complexity index is 299. The third-order valence-corrected chi connectivity index (χ3v) is 4.14. The van der Waals surface area contributed by atoms with Gasteiger partial charge in [0.05, 0.1) is 12.7 Å². The van der Waals surface area contributed by atoms with Crippen LogP contribution in [0.1, 0.15) is 26.7 Å². The molecular formula is C12H22FN3O. The molecule has 2 amide bonds. The smallest absolute Gasteiger partial charge is 0.321 e. The van der Waals surface area contributed by atoms with Crippen molar-refractivity contribution in [3.05, 3.63) is 0 Å². The van der Waals surface area contributed by atoms with Crippen LogP contribution in [0.15, 0.2) is 0 Å². The van der Waals surface area contributed by atoms with Crippen LogP contribution in [0.3, 0.4) is 0 Å². The topological polar surface area (TPSA) is 49.6 Å². The van der Waals surface area contributed by atoms with Gasteiger partial charge in [-0.05, 0) is 18.3 Å². The second-order valence-corrected chi connectivity index (χ2v) is 5.52. The molecule has 0 aromatic heterocycles. The standard InChI is InChI=1S/C12H22FN3O/c1-8-3-4-15(6-9(8)2)12(17)16-7-10(13)5-11(16)14/h8-11H,3-7,14H2,1-2H3/t8-,9+,10+,11+/m1/s1. The van der Waals surface area contributed by atoms with Gasteiger partial charge in [-0.15, -0.1) is 0 Å². The lowest BCUT2D eigenvalue weighted by molar-refractivity contribution is 0.110. The molecule has 5 heteroatoms. The molecule has 0 bridgehead atoms. The third kappa shape index (κ3) is 2.54. The van der Waals surface area contributed by atoms with Crippen LogP contribution in [0.25, 0.3) is 0 Å². The molecule has 2 aliphatic rings. The van der Waals surface area contributed by atoms with E-state index in [4.69, 9.17) is 5.73 Å². The second kappa shape index (κ2) is 4.80. The molecule has 2 N–H and O–H groups in total. The lowest BCUT2D eigenvalue weighted by atomic mass is 9.89. The Morgan fingerprint density at radius 2 is 2.00 bits per heavy atom. The maximum absolute atomic E-state index is 13.2. The molecule has 0 spiro atoms. The zero-order valence-corrected chi connectivity index (χ0v) is 10.6. The SMILES string of the molecule is C[C@@H]1CCN(C(=O)N2C[C@@H](F)C[C@H]2N)C[C@@H]1C. The van der Waals surface area contributed by atoms with Gasteiger partial charge in [-0.25, -0.2) is 9.18 Å².